The smallest absolute Gasteiger partial charge is 0.371 e. The molecular weight excluding hydrogens is 388 g/mol. The Balaban J connectivity index is 1.56. The average molecular weight is 421 g/mol. The second-order valence-electron chi connectivity index (χ2n) is 9.69. The molecule has 5 atom stereocenters. The molecule has 0 saturated heterocycles. The average Bonchev–Trinajstić information content (AvgIpc) is 2.96. The van der Waals surface area contributed by atoms with E-state index >= 15 is 0 Å². The summed E-state index contributed by atoms with van der Waals surface area (Å²) in [5, 5.41) is 8.15. The molecule has 0 aliphatic heterocycles. The first-order valence-corrected chi connectivity index (χ1v) is 12.2. The van der Waals surface area contributed by atoms with E-state index < -0.39 is 10.3 Å². The minimum absolute atomic E-state index is 0.0777. The van der Waals surface area contributed by atoms with Crippen molar-refractivity contribution in [2.24, 2.45) is 28.3 Å². The fourth-order valence-corrected chi connectivity index (χ4v) is 6.93. The van der Waals surface area contributed by atoms with Crippen molar-refractivity contribution < 1.29 is 17.4 Å². The highest BCUT2D eigenvalue weighted by Crippen LogP contribution is 2.63. The molecule has 2 saturated carbocycles. The molecule has 7 heteroatoms. The van der Waals surface area contributed by atoms with E-state index in [0.717, 1.165) is 38.5 Å². The normalized spacial score (nSPS) is 33.6. The Morgan fingerprint density at radius 1 is 1.24 bits per heavy atom. The summed E-state index contributed by atoms with van der Waals surface area (Å²) in [7, 11) is -4.01. The maximum Gasteiger partial charge on any atom is 0.380 e. The predicted octanol–water partition coefficient (Wildman–Crippen LogP) is 3.27. The van der Waals surface area contributed by atoms with Crippen molar-refractivity contribution in [3.63, 3.8) is 0 Å². The van der Waals surface area contributed by atoms with Crippen molar-refractivity contribution in [1.29, 1.82) is 0 Å². The second-order valence-corrected chi connectivity index (χ2v) is 10.8. The summed E-state index contributed by atoms with van der Waals surface area (Å²) in [6.07, 6.45) is 6.23. The molecule has 1 aromatic rings. The molecule has 0 radical (unpaired) electrons. The summed E-state index contributed by atoms with van der Waals surface area (Å²) in [5.74, 6) is 2.26. The van der Waals surface area contributed by atoms with E-state index in [-0.39, 0.29) is 29.0 Å². The van der Waals surface area contributed by atoms with Gasteiger partial charge in [-0.2, -0.15) is 13.6 Å². The lowest BCUT2D eigenvalue weighted by molar-refractivity contribution is -0.130. The first-order valence-electron chi connectivity index (χ1n) is 10.7. The van der Waals surface area contributed by atoms with Crippen LogP contribution in [-0.2, 0) is 21.5 Å². The molecular formula is C22H32N2O4S. The number of rotatable bonds is 4. The number of hydrogen-bond donors (Lipinski definition) is 2. The molecule has 2 fully saturated rings. The van der Waals surface area contributed by atoms with Crippen LogP contribution in [0.4, 0.5) is 0 Å². The van der Waals surface area contributed by atoms with Crippen molar-refractivity contribution >= 4 is 16.2 Å². The zero-order valence-corrected chi connectivity index (χ0v) is 18.3. The molecule has 3 aliphatic rings. The van der Waals surface area contributed by atoms with Crippen LogP contribution in [0.1, 0.15) is 69.9 Å². The van der Waals surface area contributed by atoms with Crippen LogP contribution >= 0.6 is 0 Å². The number of carbonyl (C=O) groups is 1. The van der Waals surface area contributed by atoms with E-state index in [1.807, 2.05) is 26.0 Å². The number of carbonyl (C=O) groups excluding carboxylic acids is 1. The van der Waals surface area contributed by atoms with Gasteiger partial charge in [-0.3, -0.25) is 4.79 Å². The second kappa shape index (κ2) is 7.27. The van der Waals surface area contributed by atoms with Crippen molar-refractivity contribution in [3.05, 3.63) is 29.3 Å². The first kappa shape index (κ1) is 20.7. The van der Waals surface area contributed by atoms with E-state index in [4.69, 9.17) is 9.32 Å². The topological polar surface area (TPSA) is 98.5 Å². The number of fused-ring (bicyclic) bond motifs is 5. The monoisotopic (exact) mass is 420 g/mol. The zero-order chi connectivity index (χ0) is 21.0. The van der Waals surface area contributed by atoms with Crippen LogP contribution in [0.25, 0.3) is 0 Å². The Kier molecular flexibility index (Phi) is 5.18. The Morgan fingerprint density at radius 2 is 2.00 bits per heavy atom. The molecule has 4 rings (SSSR count). The van der Waals surface area contributed by atoms with Crippen molar-refractivity contribution in [3.8, 4) is 5.75 Å². The highest BCUT2D eigenvalue weighted by atomic mass is 32.2. The minimum Gasteiger partial charge on any atom is -0.371 e. The van der Waals surface area contributed by atoms with E-state index in [1.54, 1.807) is 6.07 Å². The van der Waals surface area contributed by atoms with Gasteiger partial charge in [0.25, 0.3) is 0 Å². The lowest BCUT2D eigenvalue weighted by Gasteiger charge is -2.50. The minimum atomic E-state index is -4.01. The third kappa shape index (κ3) is 3.79. The summed E-state index contributed by atoms with van der Waals surface area (Å²) in [6.45, 7) is 6.38. The molecule has 29 heavy (non-hydrogen) atoms. The van der Waals surface area contributed by atoms with Crippen molar-refractivity contribution in [2.75, 3.05) is 0 Å². The summed E-state index contributed by atoms with van der Waals surface area (Å²) in [6, 6.07) is 5.74. The van der Waals surface area contributed by atoms with Crippen molar-refractivity contribution in [1.82, 2.24) is 5.32 Å². The third-order valence-corrected chi connectivity index (χ3v) is 8.08. The van der Waals surface area contributed by atoms with Gasteiger partial charge in [0.2, 0.25) is 5.91 Å². The number of nitrogens with one attached hydrogen (secondary N) is 1. The van der Waals surface area contributed by atoms with Gasteiger partial charge in [0.05, 0.1) is 0 Å². The van der Waals surface area contributed by atoms with Gasteiger partial charge in [0.15, 0.2) is 0 Å². The number of amides is 1. The fraction of sp³-hybridized carbons (Fsp3) is 0.682. The molecule has 3 aliphatic carbocycles. The quantitative estimate of drug-likeness (QED) is 0.781. The van der Waals surface area contributed by atoms with E-state index in [9.17, 15) is 13.2 Å². The molecule has 0 spiro atoms. The Morgan fingerprint density at radius 3 is 2.69 bits per heavy atom. The molecule has 160 valence electrons. The van der Waals surface area contributed by atoms with Gasteiger partial charge in [-0.05, 0) is 98.8 Å². The number of aryl methyl sites for hydroxylation is 1. The Bertz CT molecular complexity index is 913. The van der Waals surface area contributed by atoms with Gasteiger partial charge in [0, 0.05) is 12.0 Å². The maximum atomic E-state index is 12.8. The first-order chi connectivity index (χ1) is 13.6. The lowest BCUT2D eigenvalue weighted by atomic mass is 9.54. The van der Waals surface area contributed by atoms with Crippen LogP contribution in [0.5, 0.6) is 5.75 Å². The Hall–Kier alpha value is -1.60. The van der Waals surface area contributed by atoms with Gasteiger partial charge in [-0.15, -0.1) is 0 Å². The van der Waals surface area contributed by atoms with Crippen LogP contribution in [-0.4, -0.2) is 20.4 Å². The number of hydrogen-bond acceptors (Lipinski definition) is 4. The SMILES string of the molecule is CC(C)NC(=O)[C@H]1CCC2C3CCc4cc(OS(N)(=O)=O)ccc4C3CC[C@@]21C. The highest BCUT2D eigenvalue weighted by molar-refractivity contribution is 7.84. The fourth-order valence-electron chi connectivity index (χ4n) is 6.56. The largest absolute Gasteiger partial charge is 0.380 e. The molecule has 0 aromatic heterocycles. The van der Waals surface area contributed by atoms with E-state index in [1.165, 1.54) is 11.1 Å². The molecule has 3 N–H and O–H groups in total. The van der Waals surface area contributed by atoms with Crippen LogP contribution in [0, 0.1) is 23.2 Å². The van der Waals surface area contributed by atoms with E-state index in [0.29, 0.717) is 17.8 Å². The molecule has 1 aromatic carbocycles. The predicted molar refractivity (Wildman–Crippen MR) is 112 cm³/mol. The van der Waals surface area contributed by atoms with E-state index in [2.05, 4.69) is 12.2 Å². The molecule has 0 heterocycles. The third-order valence-electron chi connectivity index (χ3n) is 7.66. The molecule has 1 amide bonds. The van der Waals surface area contributed by atoms with Gasteiger partial charge in [-0.1, -0.05) is 13.0 Å². The highest BCUT2D eigenvalue weighted by Gasteiger charge is 2.56. The van der Waals surface area contributed by atoms with Crippen LogP contribution < -0.4 is 14.6 Å². The van der Waals surface area contributed by atoms with Gasteiger partial charge in [-0.25, -0.2) is 0 Å². The summed E-state index contributed by atoms with van der Waals surface area (Å²) in [4.78, 5) is 12.8. The molecule has 3 unspecified atom stereocenters. The van der Waals surface area contributed by atoms with Crippen molar-refractivity contribution in [2.45, 2.75) is 71.3 Å². The zero-order valence-electron chi connectivity index (χ0n) is 17.5. The Labute approximate surface area is 173 Å². The molecule has 6 nitrogen and oxygen atoms in total. The number of benzene rings is 1. The van der Waals surface area contributed by atoms with Crippen LogP contribution in [0.15, 0.2) is 18.2 Å². The lowest BCUT2D eigenvalue weighted by Crippen LogP contribution is -2.47. The number of nitrogens with two attached hydrogens (primary N) is 1. The summed E-state index contributed by atoms with van der Waals surface area (Å²) < 4.78 is 27.3. The van der Waals surface area contributed by atoms with Crippen LogP contribution in [0.3, 0.4) is 0 Å². The van der Waals surface area contributed by atoms with Gasteiger partial charge in [0.1, 0.15) is 5.75 Å². The van der Waals surface area contributed by atoms with Crippen LogP contribution in [0.2, 0.25) is 0 Å². The summed E-state index contributed by atoms with van der Waals surface area (Å²) in [5.41, 5.74) is 2.57. The van der Waals surface area contributed by atoms with Gasteiger partial charge >= 0.3 is 10.3 Å². The molecule has 0 bridgehead atoms. The standard InChI is InChI=1S/C22H32N2O4S/c1-13(2)24-21(25)20-9-8-19-18-6-4-14-12-15(28-29(23,26)27)5-7-16(14)17(18)10-11-22(19,20)3/h5,7,12-13,17-20H,4,6,8-11H2,1-3H3,(H,24,25)(H2,23,26,27)/t17?,18?,19?,20-,22+/m1/s1. The maximum absolute atomic E-state index is 12.8. The summed E-state index contributed by atoms with van der Waals surface area (Å²) >= 11 is 0. The van der Waals surface area contributed by atoms with Gasteiger partial charge < -0.3 is 9.50 Å².